The third kappa shape index (κ3) is 9.01. The van der Waals surface area contributed by atoms with Crippen LogP contribution in [0, 0.1) is 0 Å². The lowest BCUT2D eigenvalue weighted by Crippen LogP contribution is -2.24. The van der Waals surface area contributed by atoms with E-state index in [2.05, 4.69) is 12.2 Å². The monoisotopic (exact) mass is 187 g/mol. The van der Waals surface area contributed by atoms with E-state index in [1.54, 1.807) is 0 Å². The minimum absolute atomic E-state index is 0.0292. The summed E-state index contributed by atoms with van der Waals surface area (Å²) < 4.78 is 0. The Labute approximate surface area is 78.3 Å². The van der Waals surface area contributed by atoms with Gasteiger partial charge in [0, 0.05) is 6.42 Å². The minimum Gasteiger partial charge on any atom is -0.481 e. The number of carbonyl (C=O) groups is 2. The highest BCUT2D eigenvalue weighted by atomic mass is 16.4. The molecule has 76 valence electrons. The third-order valence-electron chi connectivity index (χ3n) is 1.65. The predicted octanol–water partition coefficient (Wildman–Crippen LogP) is 0.810. The molecule has 0 amide bonds. The molecule has 0 unspecified atom stereocenters. The van der Waals surface area contributed by atoms with E-state index in [-0.39, 0.29) is 18.6 Å². The Morgan fingerprint density at radius 1 is 1.31 bits per heavy atom. The lowest BCUT2D eigenvalue weighted by Gasteiger charge is -2.01. The van der Waals surface area contributed by atoms with E-state index in [0.29, 0.717) is 6.54 Å². The third-order valence-corrected chi connectivity index (χ3v) is 1.65. The fourth-order valence-corrected chi connectivity index (χ4v) is 0.864. The molecule has 0 bridgehead atoms. The van der Waals surface area contributed by atoms with Crippen LogP contribution in [-0.2, 0) is 9.59 Å². The average molecular weight is 187 g/mol. The molecule has 0 heterocycles. The highest BCUT2D eigenvalue weighted by molar-refractivity contribution is 5.83. The van der Waals surface area contributed by atoms with Crippen LogP contribution in [0.25, 0.3) is 0 Å². The highest BCUT2D eigenvalue weighted by Crippen LogP contribution is 1.90. The van der Waals surface area contributed by atoms with Gasteiger partial charge in [0.25, 0.3) is 0 Å². The van der Waals surface area contributed by atoms with Gasteiger partial charge < -0.3 is 10.4 Å². The molecule has 0 fully saturated rings. The van der Waals surface area contributed by atoms with Gasteiger partial charge in [0.1, 0.15) is 5.78 Å². The molecule has 2 N–H and O–H groups in total. The summed E-state index contributed by atoms with van der Waals surface area (Å²) in [5.74, 6) is -0.944. The number of carboxylic acid groups (broad SMARTS) is 1. The molecular weight excluding hydrogens is 170 g/mol. The second-order valence-electron chi connectivity index (χ2n) is 2.96. The van der Waals surface area contributed by atoms with Crippen molar-refractivity contribution in [1.29, 1.82) is 0 Å². The zero-order valence-electron chi connectivity index (χ0n) is 8.01. The highest BCUT2D eigenvalue weighted by Gasteiger charge is 2.04. The summed E-state index contributed by atoms with van der Waals surface area (Å²) in [6, 6.07) is 0. The van der Waals surface area contributed by atoms with Gasteiger partial charge in [-0.1, -0.05) is 13.3 Å². The molecule has 0 saturated carbocycles. The van der Waals surface area contributed by atoms with Gasteiger partial charge in [-0.2, -0.15) is 0 Å². The summed E-state index contributed by atoms with van der Waals surface area (Å²) in [5, 5.41) is 11.3. The Balaban J connectivity index is 3.25. The van der Waals surface area contributed by atoms with Crippen LogP contribution in [0.3, 0.4) is 0 Å². The van der Waals surface area contributed by atoms with E-state index in [4.69, 9.17) is 5.11 Å². The van der Waals surface area contributed by atoms with Crippen LogP contribution in [0.15, 0.2) is 0 Å². The predicted molar refractivity (Wildman–Crippen MR) is 49.7 cm³/mol. The maximum Gasteiger partial charge on any atom is 0.303 e. The smallest absolute Gasteiger partial charge is 0.303 e. The molecule has 0 aromatic carbocycles. The van der Waals surface area contributed by atoms with Crippen LogP contribution in [0.1, 0.15) is 32.6 Å². The van der Waals surface area contributed by atoms with E-state index in [1.165, 1.54) is 0 Å². The van der Waals surface area contributed by atoms with Crippen molar-refractivity contribution in [1.82, 2.24) is 5.32 Å². The van der Waals surface area contributed by atoms with Crippen molar-refractivity contribution in [2.75, 3.05) is 13.1 Å². The summed E-state index contributed by atoms with van der Waals surface area (Å²) in [5.41, 5.74) is 0. The number of hydrogen-bond acceptors (Lipinski definition) is 3. The van der Waals surface area contributed by atoms with Gasteiger partial charge in [-0.05, 0) is 13.0 Å². The van der Waals surface area contributed by atoms with Crippen molar-refractivity contribution in [2.24, 2.45) is 0 Å². The topological polar surface area (TPSA) is 66.4 Å². The Bertz CT molecular complexity index is 168. The summed E-state index contributed by atoms with van der Waals surface area (Å²) >= 11 is 0. The molecule has 0 saturated heterocycles. The molecule has 0 radical (unpaired) electrons. The Morgan fingerprint density at radius 2 is 2.00 bits per heavy atom. The van der Waals surface area contributed by atoms with Gasteiger partial charge in [0.05, 0.1) is 13.0 Å². The fraction of sp³-hybridized carbons (Fsp3) is 0.778. The van der Waals surface area contributed by atoms with Gasteiger partial charge in [0.15, 0.2) is 0 Å². The van der Waals surface area contributed by atoms with Crippen LogP contribution < -0.4 is 5.32 Å². The zero-order valence-corrected chi connectivity index (χ0v) is 8.01. The first-order valence-corrected chi connectivity index (χ1v) is 4.61. The van der Waals surface area contributed by atoms with Crippen LogP contribution in [0.2, 0.25) is 0 Å². The van der Waals surface area contributed by atoms with E-state index >= 15 is 0 Å². The summed E-state index contributed by atoms with van der Waals surface area (Å²) in [6.45, 7) is 3.20. The van der Waals surface area contributed by atoms with Crippen LogP contribution in [-0.4, -0.2) is 29.9 Å². The van der Waals surface area contributed by atoms with E-state index in [9.17, 15) is 9.59 Å². The molecule has 0 aliphatic carbocycles. The molecule has 0 spiro atoms. The van der Waals surface area contributed by atoms with E-state index in [0.717, 1.165) is 19.4 Å². The molecule has 4 nitrogen and oxygen atoms in total. The van der Waals surface area contributed by atoms with E-state index in [1.807, 2.05) is 0 Å². The van der Waals surface area contributed by atoms with Gasteiger partial charge >= 0.3 is 5.97 Å². The van der Waals surface area contributed by atoms with Gasteiger partial charge in [0.2, 0.25) is 0 Å². The van der Waals surface area contributed by atoms with Gasteiger partial charge in [-0.25, -0.2) is 0 Å². The van der Waals surface area contributed by atoms with Crippen molar-refractivity contribution in [3.8, 4) is 0 Å². The second-order valence-corrected chi connectivity index (χ2v) is 2.96. The number of ketones is 1. The van der Waals surface area contributed by atoms with Crippen LogP contribution in [0.4, 0.5) is 0 Å². The van der Waals surface area contributed by atoms with Gasteiger partial charge in [-0.3, -0.25) is 9.59 Å². The summed E-state index contributed by atoms with van der Waals surface area (Å²) in [4.78, 5) is 21.1. The Hall–Kier alpha value is -0.900. The van der Waals surface area contributed by atoms with Crippen LogP contribution >= 0.6 is 0 Å². The first-order chi connectivity index (χ1) is 6.16. The maximum atomic E-state index is 11.0. The standard InChI is InChI=1S/C9H17NO3/c1-2-3-6-10-7-8(11)4-5-9(12)13/h10H,2-7H2,1H3,(H,12,13). The first-order valence-electron chi connectivity index (χ1n) is 4.61. The van der Waals surface area contributed by atoms with E-state index < -0.39 is 5.97 Å². The van der Waals surface area contributed by atoms with Crippen molar-refractivity contribution in [3.05, 3.63) is 0 Å². The second kappa shape index (κ2) is 7.73. The van der Waals surface area contributed by atoms with Crippen molar-refractivity contribution < 1.29 is 14.7 Å². The lowest BCUT2D eigenvalue weighted by atomic mass is 10.2. The number of carboxylic acids is 1. The molecule has 0 aliphatic heterocycles. The van der Waals surface area contributed by atoms with Crippen LogP contribution in [0.5, 0.6) is 0 Å². The lowest BCUT2D eigenvalue weighted by molar-refractivity contribution is -0.138. The molecule has 0 atom stereocenters. The number of Topliss-reactive ketones (excluding diaryl/α,β-unsaturated/α-hetero) is 1. The van der Waals surface area contributed by atoms with Crippen molar-refractivity contribution >= 4 is 11.8 Å². The molecule has 0 aromatic rings. The van der Waals surface area contributed by atoms with Crippen molar-refractivity contribution in [2.45, 2.75) is 32.6 Å². The minimum atomic E-state index is -0.915. The molecular formula is C9H17NO3. The maximum absolute atomic E-state index is 11.0. The Kier molecular flexibility index (Phi) is 7.20. The van der Waals surface area contributed by atoms with Crippen molar-refractivity contribution in [3.63, 3.8) is 0 Å². The normalized spacial score (nSPS) is 9.92. The SMILES string of the molecule is CCCCNCC(=O)CCC(=O)O. The molecule has 13 heavy (non-hydrogen) atoms. The van der Waals surface area contributed by atoms with Gasteiger partial charge in [-0.15, -0.1) is 0 Å². The Morgan fingerprint density at radius 3 is 2.54 bits per heavy atom. The average Bonchev–Trinajstić information content (AvgIpc) is 2.09. The molecule has 4 heteroatoms. The summed E-state index contributed by atoms with van der Waals surface area (Å²) in [6.07, 6.45) is 2.21. The number of unbranched alkanes of at least 4 members (excludes halogenated alkanes) is 1. The number of aliphatic carboxylic acids is 1. The zero-order chi connectivity index (χ0) is 10.1. The number of rotatable bonds is 8. The fourth-order valence-electron chi connectivity index (χ4n) is 0.864. The number of nitrogens with one attached hydrogen (secondary N) is 1. The molecule has 0 rings (SSSR count). The largest absolute Gasteiger partial charge is 0.481 e. The number of carbonyl (C=O) groups excluding carboxylic acids is 1. The quantitative estimate of drug-likeness (QED) is 0.552. The molecule has 0 aliphatic rings. The number of hydrogen-bond donors (Lipinski definition) is 2. The summed E-state index contributed by atoms with van der Waals surface area (Å²) in [7, 11) is 0. The first kappa shape index (κ1) is 12.1. The molecule has 0 aromatic heterocycles.